The normalized spacial score (nSPS) is 14.9. The van der Waals surface area contributed by atoms with Crippen molar-refractivity contribution in [2.75, 3.05) is 31.6 Å². The fourth-order valence-corrected chi connectivity index (χ4v) is 2.97. The van der Waals surface area contributed by atoms with Gasteiger partial charge in [0, 0.05) is 19.2 Å². The second-order valence-electron chi connectivity index (χ2n) is 6.28. The summed E-state index contributed by atoms with van der Waals surface area (Å²) in [6, 6.07) is 4.17. The average Bonchev–Trinajstić information content (AvgIpc) is 3.38. The van der Waals surface area contributed by atoms with Crippen LogP contribution in [0.15, 0.2) is 27.0 Å². The van der Waals surface area contributed by atoms with E-state index in [4.69, 9.17) is 18.7 Å². The number of carboxylic acid groups (broad SMARTS) is 2. The lowest BCUT2D eigenvalue weighted by Crippen LogP contribution is -2.35. The van der Waals surface area contributed by atoms with Crippen LogP contribution in [-0.2, 0) is 11.3 Å². The van der Waals surface area contributed by atoms with Crippen LogP contribution in [0, 0.1) is 0 Å². The summed E-state index contributed by atoms with van der Waals surface area (Å²) in [5.74, 6) is -2.18. The second-order valence-corrected chi connectivity index (χ2v) is 6.28. The molecule has 3 aromatic rings. The van der Waals surface area contributed by atoms with Gasteiger partial charge in [-0.2, -0.15) is 4.68 Å². The number of hydrogen-bond acceptors (Lipinski definition) is 8. The first kappa shape index (κ1) is 18.7. The Kier molecular flexibility index (Phi) is 4.78. The van der Waals surface area contributed by atoms with Crippen molar-refractivity contribution >= 4 is 34.9 Å². The number of hydrogen-bond donors (Lipinski definition) is 3. The van der Waals surface area contributed by atoms with Gasteiger partial charge in [-0.15, -0.1) is 5.10 Å². The molecule has 0 saturated carbocycles. The number of ether oxygens (including phenoxy) is 1. The highest BCUT2D eigenvalue weighted by molar-refractivity contribution is 6.07. The third-order valence-electron chi connectivity index (χ3n) is 4.35. The molecular formula is C17H16N4O8. The van der Waals surface area contributed by atoms with Gasteiger partial charge in [-0.05, 0) is 12.1 Å². The van der Waals surface area contributed by atoms with Crippen molar-refractivity contribution in [3.63, 3.8) is 0 Å². The van der Waals surface area contributed by atoms with Crippen molar-refractivity contribution in [1.29, 1.82) is 0 Å². The first-order valence-electron chi connectivity index (χ1n) is 8.61. The number of anilines is 1. The zero-order chi connectivity index (χ0) is 20.5. The van der Waals surface area contributed by atoms with Crippen LogP contribution >= 0.6 is 0 Å². The molecule has 0 unspecified atom stereocenters. The highest BCUT2D eigenvalue weighted by atomic mass is 16.5. The number of carbonyl (C=O) groups excluding carboxylic acids is 1. The number of furan rings is 2. The molecule has 4 heterocycles. The van der Waals surface area contributed by atoms with Gasteiger partial charge >= 0.3 is 12.1 Å². The van der Waals surface area contributed by atoms with Crippen LogP contribution in [-0.4, -0.2) is 69.2 Å². The number of nitrogens with zero attached hydrogens (tertiary/aromatic N) is 3. The minimum Gasteiger partial charge on any atom is -0.475 e. The van der Waals surface area contributed by atoms with E-state index in [1.807, 2.05) is 0 Å². The van der Waals surface area contributed by atoms with E-state index in [-0.39, 0.29) is 22.7 Å². The van der Waals surface area contributed by atoms with E-state index in [1.165, 1.54) is 6.07 Å². The van der Waals surface area contributed by atoms with Gasteiger partial charge in [-0.25, -0.2) is 9.59 Å². The van der Waals surface area contributed by atoms with E-state index in [1.54, 1.807) is 6.07 Å². The average molecular weight is 404 g/mol. The summed E-state index contributed by atoms with van der Waals surface area (Å²) < 4.78 is 16.5. The molecule has 3 aromatic heterocycles. The molecule has 0 radical (unpaired) electrons. The van der Waals surface area contributed by atoms with Gasteiger partial charge in [-0.1, -0.05) is 0 Å². The quantitative estimate of drug-likeness (QED) is 0.569. The number of carbonyl (C=O) groups is 3. The molecule has 1 aliphatic rings. The molecule has 4 rings (SSSR count). The minimum atomic E-state index is -1.46. The molecule has 0 bridgehead atoms. The number of amides is 1. The number of carboxylic acids is 1. The summed E-state index contributed by atoms with van der Waals surface area (Å²) >= 11 is 0. The molecule has 12 nitrogen and oxygen atoms in total. The molecule has 0 aromatic carbocycles. The largest absolute Gasteiger partial charge is 0.475 e. The molecule has 1 aliphatic heterocycles. The van der Waals surface area contributed by atoms with Gasteiger partial charge in [0.1, 0.15) is 11.3 Å². The Morgan fingerprint density at radius 2 is 1.86 bits per heavy atom. The van der Waals surface area contributed by atoms with Crippen LogP contribution < -0.4 is 5.32 Å². The van der Waals surface area contributed by atoms with Crippen molar-refractivity contribution in [2.24, 2.45) is 0 Å². The molecule has 3 N–H and O–H groups in total. The standard InChI is InChI=1S/C17H16N4O8/c22-15(11-2-1-9(28-11)8-20-3-5-27-6-4-20)18-14-13-10(21(19-14)17(25)26)7-12(29-13)16(23)24/h1-2,7H,3-6,8H2,(H,23,24)(H,25,26)(H,18,19,22). The van der Waals surface area contributed by atoms with E-state index in [9.17, 15) is 19.5 Å². The number of fused-ring (bicyclic) bond motifs is 1. The first-order valence-corrected chi connectivity index (χ1v) is 8.61. The SMILES string of the molecule is O=C(O)c1cc2c(o1)c(NC(=O)c1ccc(CN3CCOCC3)o1)nn2C(=O)O. The monoisotopic (exact) mass is 404 g/mol. The van der Waals surface area contributed by atoms with Gasteiger partial charge in [-0.3, -0.25) is 15.0 Å². The number of aromatic nitrogens is 2. The molecule has 12 heteroatoms. The number of aromatic carboxylic acids is 1. The summed E-state index contributed by atoms with van der Waals surface area (Å²) in [7, 11) is 0. The molecule has 1 fully saturated rings. The maximum absolute atomic E-state index is 12.5. The molecule has 1 amide bonds. The van der Waals surface area contributed by atoms with E-state index in [2.05, 4.69) is 15.3 Å². The Morgan fingerprint density at radius 3 is 2.55 bits per heavy atom. The highest BCUT2D eigenvalue weighted by Gasteiger charge is 2.25. The first-order chi connectivity index (χ1) is 13.9. The molecular weight excluding hydrogens is 388 g/mol. The predicted molar refractivity (Wildman–Crippen MR) is 95.1 cm³/mol. The maximum atomic E-state index is 12.5. The van der Waals surface area contributed by atoms with Crippen molar-refractivity contribution in [1.82, 2.24) is 14.7 Å². The van der Waals surface area contributed by atoms with Crippen LogP contribution in [0.25, 0.3) is 11.1 Å². The molecule has 0 atom stereocenters. The molecule has 152 valence electrons. The summed E-state index contributed by atoms with van der Waals surface area (Å²) in [5.41, 5.74) is -0.268. The smallest absolute Gasteiger partial charge is 0.432 e. The lowest BCUT2D eigenvalue weighted by atomic mass is 10.3. The zero-order valence-electron chi connectivity index (χ0n) is 15.0. The molecule has 1 saturated heterocycles. The van der Waals surface area contributed by atoms with E-state index < -0.39 is 23.7 Å². The van der Waals surface area contributed by atoms with Gasteiger partial charge in [0.05, 0.1) is 19.8 Å². The topological polar surface area (TPSA) is 160 Å². The Morgan fingerprint density at radius 1 is 1.10 bits per heavy atom. The second kappa shape index (κ2) is 7.41. The maximum Gasteiger partial charge on any atom is 0.432 e. The number of nitrogens with one attached hydrogen (secondary N) is 1. The van der Waals surface area contributed by atoms with Crippen LogP contribution in [0.5, 0.6) is 0 Å². The number of rotatable bonds is 5. The lowest BCUT2D eigenvalue weighted by Gasteiger charge is -2.25. The van der Waals surface area contributed by atoms with Gasteiger partial charge < -0.3 is 23.8 Å². The minimum absolute atomic E-state index is 0.00343. The summed E-state index contributed by atoms with van der Waals surface area (Å²) in [6.07, 6.45) is -1.46. The van der Waals surface area contributed by atoms with Gasteiger partial charge in [0.15, 0.2) is 17.2 Å². The van der Waals surface area contributed by atoms with E-state index >= 15 is 0 Å². The lowest BCUT2D eigenvalue weighted by molar-refractivity contribution is 0.0312. The number of morpholine rings is 1. The van der Waals surface area contributed by atoms with Crippen LogP contribution in [0.1, 0.15) is 26.9 Å². The van der Waals surface area contributed by atoms with Gasteiger partial charge in [0.2, 0.25) is 5.76 Å². The van der Waals surface area contributed by atoms with E-state index in [0.29, 0.717) is 30.2 Å². The van der Waals surface area contributed by atoms with Crippen LogP contribution in [0.2, 0.25) is 0 Å². The zero-order valence-corrected chi connectivity index (χ0v) is 15.0. The van der Waals surface area contributed by atoms with Gasteiger partial charge in [0.25, 0.3) is 5.91 Å². The van der Waals surface area contributed by atoms with E-state index in [0.717, 1.165) is 19.2 Å². The van der Waals surface area contributed by atoms with Crippen molar-refractivity contribution in [3.8, 4) is 0 Å². The highest BCUT2D eigenvalue weighted by Crippen LogP contribution is 2.27. The summed E-state index contributed by atoms with van der Waals surface area (Å²) in [4.78, 5) is 37.0. The fraction of sp³-hybridized carbons (Fsp3) is 0.294. The van der Waals surface area contributed by atoms with Crippen molar-refractivity contribution in [3.05, 3.63) is 35.5 Å². The molecule has 29 heavy (non-hydrogen) atoms. The Labute approximate surface area is 162 Å². The van der Waals surface area contributed by atoms with Crippen LogP contribution in [0.3, 0.4) is 0 Å². The molecule has 0 spiro atoms. The Bertz CT molecular complexity index is 1090. The van der Waals surface area contributed by atoms with Crippen molar-refractivity contribution in [2.45, 2.75) is 6.54 Å². The summed E-state index contributed by atoms with van der Waals surface area (Å²) in [6.45, 7) is 3.32. The molecule has 0 aliphatic carbocycles. The predicted octanol–water partition coefficient (Wildman–Crippen LogP) is 1.53. The fourth-order valence-electron chi connectivity index (χ4n) is 2.97. The van der Waals surface area contributed by atoms with Crippen LogP contribution in [0.4, 0.5) is 10.6 Å². The Hall–Kier alpha value is -3.64. The third-order valence-corrected chi connectivity index (χ3v) is 4.35. The summed E-state index contributed by atoms with van der Waals surface area (Å²) in [5, 5.41) is 24.4. The third kappa shape index (κ3) is 3.70. The Balaban J connectivity index is 1.54. The van der Waals surface area contributed by atoms with Crippen molar-refractivity contribution < 1.29 is 38.2 Å².